The van der Waals surface area contributed by atoms with Gasteiger partial charge in [-0.2, -0.15) is 0 Å². The third kappa shape index (κ3) is 7.81. The van der Waals surface area contributed by atoms with E-state index in [1.165, 1.54) is 24.2 Å². The van der Waals surface area contributed by atoms with Crippen molar-refractivity contribution in [2.24, 2.45) is 0 Å². The van der Waals surface area contributed by atoms with Crippen LogP contribution in [0, 0.1) is 0 Å². The number of methoxy groups -OCH3 is 1. The fraction of sp³-hybridized carbons (Fsp3) is 0.600. The minimum absolute atomic E-state index is 0.136. The lowest BCUT2D eigenvalue weighted by atomic mass is 9.93. The highest BCUT2D eigenvalue weighted by molar-refractivity contribution is 7.18. The number of ether oxygens (including phenoxy) is 1. The van der Waals surface area contributed by atoms with Gasteiger partial charge in [0, 0.05) is 31.0 Å². The van der Waals surface area contributed by atoms with Crippen molar-refractivity contribution >= 4 is 28.3 Å². The van der Waals surface area contributed by atoms with Gasteiger partial charge in [-0.3, -0.25) is 9.59 Å². The number of unbranched alkanes of at least 4 members (excludes halogenated alkanes) is 3. The highest BCUT2D eigenvalue weighted by atomic mass is 32.1. The third-order valence-corrected chi connectivity index (χ3v) is 7.04. The van der Waals surface area contributed by atoms with Crippen molar-refractivity contribution in [2.45, 2.75) is 83.6 Å². The number of anilines is 1. The first-order valence-electron chi connectivity index (χ1n) is 12.2. The zero-order chi connectivity index (χ0) is 23.5. The minimum Gasteiger partial charge on any atom is -0.497 e. The monoisotopic (exact) mass is 472 g/mol. The molecule has 0 bridgehead atoms. The van der Waals surface area contributed by atoms with Gasteiger partial charge in [-0.15, -0.1) is 10.2 Å². The van der Waals surface area contributed by atoms with Crippen molar-refractivity contribution in [3.05, 3.63) is 24.3 Å². The summed E-state index contributed by atoms with van der Waals surface area (Å²) in [5.41, 5.74) is 0.893. The largest absolute Gasteiger partial charge is 0.497 e. The van der Waals surface area contributed by atoms with Crippen LogP contribution >= 0.6 is 11.3 Å². The number of amides is 2. The van der Waals surface area contributed by atoms with Crippen LogP contribution in [0.5, 0.6) is 5.75 Å². The molecular formula is C25H36N4O3S. The molecule has 1 saturated carbocycles. The number of benzene rings is 1. The molecule has 0 saturated heterocycles. The van der Waals surface area contributed by atoms with Crippen LogP contribution in [0.25, 0.3) is 10.6 Å². The van der Waals surface area contributed by atoms with Crippen molar-refractivity contribution in [2.75, 3.05) is 19.0 Å². The Morgan fingerprint density at radius 2 is 1.94 bits per heavy atom. The lowest BCUT2D eigenvalue weighted by Gasteiger charge is -2.34. The van der Waals surface area contributed by atoms with Crippen LogP contribution in [0.4, 0.5) is 5.13 Å². The van der Waals surface area contributed by atoms with E-state index >= 15 is 0 Å². The van der Waals surface area contributed by atoms with Gasteiger partial charge in [-0.05, 0) is 31.4 Å². The van der Waals surface area contributed by atoms with Crippen LogP contribution in [0.1, 0.15) is 77.6 Å². The predicted octanol–water partition coefficient (Wildman–Crippen LogP) is 5.67. The van der Waals surface area contributed by atoms with Crippen LogP contribution in [0.3, 0.4) is 0 Å². The quantitative estimate of drug-likeness (QED) is 0.402. The van der Waals surface area contributed by atoms with E-state index in [0.29, 0.717) is 18.1 Å². The van der Waals surface area contributed by atoms with E-state index in [1.807, 2.05) is 29.2 Å². The van der Waals surface area contributed by atoms with Gasteiger partial charge in [0.2, 0.25) is 16.9 Å². The van der Waals surface area contributed by atoms with Crippen molar-refractivity contribution in [3.8, 4) is 16.3 Å². The average Bonchev–Trinajstić information content (AvgIpc) is 3.31. The number of carbonyl (C=O) groups is 2. The summed E-state index contributed by atoms with van der Waals surface area (Å²) < 4.78 is 5.26. The Balaban J connectivity index is 1.55. The molecule has 2 amide bonds. The van der Waals surface area contributed by atoms with Crippen molar-refractivity contribution < 1.29 is 14.3 Å². The first-order chi connectivity index (χ1) is 16.1. The van der Waals surface area contributed by atoms with Gasteiger partial charge in [-0.1, -0.05) is 68.9 Å². The SMILES string of the molecule is CCCCCCC(=O)N(CCC(=O)Nc1nnc(-c2cccc(OC)c2)s1)C1CCCCC1. The Morgan fingerprint density at radius 1 is 1.12 bits per heavy atom. The molecule has 8 heteroatoms. The summed E-state index contributed by atoms with van der Waals surface area (Å²) in [6.45, 7) is 2.64. The lowest BCUT2D eigenvalue weighted by molar-refractivity contribution is -0.134. The Morgan fingerprint density at radius 3 is 2.70 bits per heavy atom. The fourth-order valence-corrected chi connectivity index (χ4v) is 5.06. The Kier molecular flexibility index (Phi) is 10.1. The minimum atomic E-state index is -0.136. The second kappa shape index (κ2) is 13.3. The standard InChI is InChI=1S/C25H36N4O3S/c1-3-4-5-9-15-23(31)29(20-12-7-6-8-13-20)17-16-22(30)26-25-28-27-24(33-25)19-11-10-14-21(18-19)32-2/h10-11,14,18,20H,3-9,12-13,15-17H2,1-2H3,(H,26,28,30). The molecule has 33 heavy (non-hydrogen) atoms. The molecule has 1 heterocycles. The van der Waals surface area contributed by atoms with E-state index in [2.05, 4.69) is 22.4 Å². The highest BCUT2D eigenvalue weighted by Gasteiger charge is 2.25. The maximum atomic E-state index is 13.0. The Hall–Kier alpha value is -2.48. The maximum Gasteiger partial charge on any atom is 0.227 e. The number of hydrogen-bond donors (Lipinski definition) is 1. The lowest BCUT2D eigenvalue weighted by Crippen LogP contribution is -2.42. The van der Waals surface area contributed by atoms with Crippen LogP contribution < -0.4 is 10.1 Å². The average molecular weight is 473 g/mol. The van der Waals surface area contributed by atoms with Crippen LogP contribution in [-0.2, 0) is 9.59 Å². The molecule has 1 aliphatic rings. The number of carbonyl (C=O) groups excluding carboxylic acids is 2. The zero-order valence-corrected chi connectivity index (χ0v) is 20.7. The number of nitrogens with zero attached hydrogens (tertiary/aromatic N) is 3. The maximum absolute atomic E-state index is 13.0. The number of rotatable bonds is 12. The summed E-state index contributed by atoms with van der Waals surface area (Å²) in [6.07, 6.45) is 10.8. The molecule has 0 atom stereocenters. The summed E-state index contributed by atoms with van der Waals surface area (Å²) in [5.74, 6) is 0.806. The first kappa shape index (κ1) is 25.1. The van der Waals surface area contributed by atoms with Gasteiger partial charge in [0.15, 0.2) is 0 Å². The number of nitrogens with one attached hydrogen (secondary N) is 1. The summed E-state index contributed by atoms with van der Waals surface area (Å²) in [6, 6.07) is 7.86. The van der Waals surface area contributed by atoms with Crippen molar-refractivity contribution in [1.82, 2.24) is 15.1 Å². The zero-order valence-electron chi connectivity index (χ0n) is 19.8. The first-order valence-corrected chi connectivity index (χ1v) is 13.0. The molecule has 180 valence electrons. The molecule has 1 aromatic carbocycles. The summed E-state index contributed by atoms with van der Waals surface area (Å²) in [7, 11) is 1.62. The van der Waals surface area contributed by atoms with Crippen LogP contribution in [0.2, 0.25) is 0 Å². The molecule has 7 nitrogen and oxygen atoms in total. The normalized spacial score (nSPS) is 14.1. The fourth-order valence-electron chi connectivity index (χ4n) is 4.30. The van der Waals surface area contributed by atoms with E-state index in [4.69, 9.17) is 4.74 Å². The van der Waals surface area contributed by atoms with Crippen LogP contribution in [-0.4, -0.2) is 46.6 Å². The Bertz CT molecular complexity index is 895. The van der Waals surface area contributed by atoms with Gasteiger partial charge in [0.05, 0.1) is 7.11 Å². The topological polar surface area (TPSA) is 84.4 Å². The second-order valence-electron chi connectivity index (χ2n) is 8.63. The molecular weight excluding hydrogens is 436 g/mol. The molecule has 0 radical (unpaired) electrons. The molecule has 3 rings (SSSR count). The van der Waals surface area contributed by atoms with E-state index in [1.54, 1.807) is 7.11 Å². The molecule has 0 spiro atoms. The third-order valence-electron chi connectivity index (χ3n) is 6.15. The molecule has 1 fully saturated rings. The smallest absolute Gasteiger partial charge is 0.227 e. The van der Waals surface area contributed by atoms with E-state index < -0.39 is 0 Å². The van der Waals surface area contributed by atoms with Crippen LogP contribution in [0.15, 0.2) is 24.3 Å². The van der Waals surface area contributed by atoms with Gasteiger partial charge in [0.25, 0.3) is 0 Å². The number of hydrogen-bond acceptors (Lipinski definition) is 6. The summed E-state index contributed by atoms with van der Waals surface area (Å²) >= 11 is 1.33. The molecule has 0 aliphatic heterocycles. The molecule has 1 aliphatic carbocycles. The Labute approximate surface area is 200 Å². The van der Waals surface area contributed by atoms with Gasteiger partial charge >= 0.3 is 0 Å². The predicted molar refractivity (Wildman–Crippen MR) is 132 cm³/mol. The van der Waals surface area contributed by atoms with E-state index in [0.717, 1.165) is 61.3 Å². The van der Waals surface area contributed by atoms with Crippen molar-refractivity contribution in [1.29, 1.82) is 0 Å². The summed E-state index contributed by atoms with van der Waals surface area (Å²) in [4.78, 5) is 27.6. The van der Waals surface area contributed by atoms with Crippen molar-refractivity contribution in [3.63, 3.8) is 0 Å². The van der Waals surface area contributed by atoms with Gasteiger partial charge < -0.3 is 15.0 Å². The highest BCUT2D eigenvalue weighted by Crippen LogP contribution is 2.29. The molecule has 1 N–H and O–H groups in total. The summed E-state index contributed by atoms with van der Waals surface area (Å²) in [5, 5.41) is 12.3. The van der Waals surface area contributed by atoms with E-state index in [9.17, 15) is 9.59 Å². The number of aromatic nitrogens is 2. The van der Waals surface area contributed by atoms with Gasteiger partial charge in [0.1, 0.15) is 10.8 Å². The van der Waals surface area contributed by atoms with Gasteiger partial charge in [-0.25, -0.2) is 0 Å². The molecule has 0 unspecified atom stereocenters. The second-order valence-corrected chi connectivity index (χ2v) is 9.61. The molecule has 1 aromatic heterocycles. The van der Waals surface area contributed by atoms with E-state index in [-0.39, 0.29) is 24.3 Å². The molecule has 2 aromatic rings.